The predicted octanol–water partition coefficient (Wildman–Crippen LogP) is 3.24. The smallest absolute Gasteiger partial charge is 0.317 e. The highest BCUT2D eigenvalue weighted by molar-refractivity contribution is 7.09. The standard InChI is InChI=1S/C17H27N3O2S/c1-4-22-14-10-13(17(14)6-5-7-17)19-16(21)20(3)11-12(2)15-18-8-9-23-15/h8-9,12-14H,4-7,10-11H2,1-3H3,(H,19,21)/t12-,13-,14+/m0/s1. The van der Waals surface area contributed by atoms with Crippen LogP contribution in [0.15, 0.2) is 11.6 Å². The summed E-state index contributed by atoms with van der Waals surface area (Å²) in [4.78, 5) is 18.6. The topological polar surface area (TPSA) is 54.5 Å². The van der Waals surface area contributed by atoms with Crippen LogP contribution >= 0.6 is 11.3 Å². The number of nitrogens with zero attached hydrogens (tertiary/aromatic N) is 2. The fourth-order valence-electron chi connectivity index (χ4n) is 3.95. The van der Waals surface area contributed by atoms with E-state index in [1.54, 1.807) is 16.2 Å². The van der Waals surface area contributed by atoms with Crippen LogP contribution < -0.4 is 5.32 Å². The molecule has 1 heterocycles. The summed E-state index contributed by atoms with van der Waals surface area (Å²) < 4.78 is 5.85. The molecule has 1 aromatic heterocycles. The van der Waals surface area contributed by atoms with Crippen LogP contribution in [0.4, 0.5) is 4.79 Å². The number of likely N-dealkylation sites (N-methyl/N-ethyl adjacent to an activating group) is 1. The maximum Gasteiger partial charge on any atom is 0.317 e. The Morgan fingerprint density at radius 1 is 1.61 bits per heavy atom. The fourth-order valence-corrected chi connectivity index (χ4v) is 4.64. The molecule has 2 aliphatic rings. The first-order valence-electron chi connectivity index (χ1n) is 8.59. The molecule has 0 radical (unpaired) electrons. The lowest BCUT2D eigenvalue weighted by atomic mass is 9.51. The van der Waals surface area contributed by atoms with Crippen molar-refractivity contribution in [1.82, 2.24) is 15.2 Å². The highest BCUT2D eigenvalue weighted by Crippen LogP contribution is 2.57. The van der Waals surface area contributed by atoms with E-state index in [0.717, 1.165) is 18.0 Å². The Hall–Kier alpha value is -1.14. The van der Waals surface area contributed by atoms with Crippen molar-refractivity contribution in [3.63, 3.8) is 0 Å². The number of urea groups is 1. The van der Waals surface area contributed by atoms with Crippen LogP contribution in [0, 0.1) is 5.41 Å². The third-order valence-corrected chi connectivity index (χ3v) is 6.51. The lowest BCUT2D eigenvalue weighted by Gasteiger charge is -2.61. The first-order valence-corrected chi connectivity index (χ1v) is 9.47. The molecule has 23 heavy (non-hydrogen) atoms. The Balaban J connectivity index is 1.51. The third kappa shape index (κ3) is 3.11. The van der Waals surface area contributed by atoms with Gasteiger partial charge in [0.1, 0.15) is 0 Å². The normalized spacial score (nSPS) is 26.2. The molecule has 0 saturated heterocycles. The Kier molecular flexibility index (Phi) is 4.92. The lowest BCUT2D eigenvalue weighted by molar-refractivity contribution is -0.169. The van der Waals surface area contributed by atoms with Crippen molar-refractivity contribution in [3.8, 4) is 0 Å². The van der Waals surface area contributed by atoms with Crippen molar-refractivity contribution < 1.29 is 9.53 Å². The van der Waals surface area contributed by atoms with E-state index < -0.39 is 0 Å². The van der Waals surface area contributed by atoms with Crippen molar-refractivity contribution in [1.29, 1.82) is 0 Å². The molecule has 0 unspecified atom stereocenters. The van der Waals surface area contributed by atoms with Gasteiger partial charge in [-0.25, -0.2) is 9.78 Å². The van der Waals surface area contributed by atoms with E-state index in [0.29, 0.717) is 12.6 Å². The minimum Gasteiger partial charge on any atom is -0.378 e. The molecule has 1 aromatic rings. The molecule has 128 valence electrons. The van der Waals surface area contributed by atoms with Crippen LogP contribution in [-0.2, 0) is 4.74 Å². The molecule has 2 saturated carbocycles. The quantitative estimate of drug-likeness (QED) is 0.867. The second-order valence-corrected chi connectivity index (χ2v) is 7.85. The van der Waals surface area contributed by atoms with Gasteiger partial charge in [-0.1, -0.05) is 13.3 Å². The van der Waals surface area contributed by atoms with E-state index in [2.05, 4.69) is 17.2 Å². The van der Waals surface area contributed by atoms with Crippen LogP contribution in [0.3, 0.4) is 0 Å². The lowest BCUT2D eigenvalue weighted by Crippen LogP contribution is -2.68. The van der Waals surface area contributed by atoms with E-state index >= 15 is 0 Å². The average Bonchev–Trinajstić information content (AvgIpc) is 2.98. The zero-order valence-corrected chi connectivity index (χ0v) is 15.1. The monoisotopic (exact) mass is 337 g/mol. The Labute approximate surface area is 142 Å². The predicted molar refractivity (Wildman–Crippen MR) is 91.8 cm³/mol. The van der Waals surface area contributed by atoms with Crippen molar-refractivity contribution >= 4 is 17.4 Å². The van der Waals surface area contributed by atoms with Crippen LogP contribution in [0.1, 0.15) is 50.5 Å². The molecule has 0 aromatic carbocycles. The average molecular weight is 337 g/mol. The zero-order valence-electron chi connectivity index (χ0n) is 14.2. The van der Waals surface area contributed by atoms with Gasteiger partial charge in [0.2, 0.25) is 0 Å². The summed E-state index contributed by atoms with van der Waals surface area (Å²) in [5.41, 5.74) is 0.216. The molecule has 1 spiro atoms. The van der Waals surface area contributed by atoms with Crippen molar-refractivity contribution in [2.24, 2.45) is 5.41 Å². The summed E-state index contributed by atoms with van der Waals surface area (Å²) >= 11 is 1.65. The van der Waals surface area contributed by atoms with Gasteiger partial charge < -0.3 is 15.0 Å². The molecular weight excluding hydrogens is 310 g/mol. The number of carbonyl (C=O) groups excluding carboxylic acids is 1. The summed E-state index contributed by atoms with van der Waals surface area (Å²) in [6.45, 7) is 5.61. The number of thiazole rings is 1. The molecule has 0 bridgehead atoms. The summed E-state index contributed by atoms with van der Waals surface area (Å²) in [7, 11) is 1.87. The van der Waals surface area contributed by atoms with Crippen LogP contribution in [0.25, 0.3) is 0 Å². The number of ether oxygens (including phenoxy) is 1. The summed E-state index contributed by atoms with van der Waals surface area (Å²) in [5, 5.41) is 6.30. The van der Waals surface area contributed by atoms with Gasteiger partial charge >= 0.3 is 6.03 Å². The second-order valence-electron chi connectivity index (χ2n) is 6.92. The first kappa shape index (κ1) is 16.7. The number of rotatable bonds is 6. The largest absolute Gasteiger partial charge is 0.378 e. The molecule has 0 aliphatic heterocycles. The van der Waals surface area contributed by atoms with Crippen LogP contribution in [0.5, 0.6) is 0 Å². The van der Waals surface area contributed by atoms with Gasteiger partial charge in [-0.3, -0.25) is 0 Å². The number of carbonyl (C=O) groups is 1. The van der Waals surface area contributed by atoms with E-state index in [1.807, 2.05) is 25.5 Å². The summed E-state index contributed by atoms with van der Waals surface area (Å²) in [5.74, 6) is 0.265. The molecule has 2 fully saturated rings. The number of amides is 2. The van der Waals surface area contributed by atoms with Gasteiger partial charge in [0.25, 0.3) is 0 Å². The molecule has 3 atom stereocenters. The first-order chi connectivity index (χ1) is 11.1. The Morgan fingerprint density at radius 2 is 2.39 bits per heavy atom. The van der Waals surface area contributed by atoms with Crippen molar-refractivity contribution in [3.05, 3.63) is 16.6 Å². The van der Waals surface area contributed by atoms with Gasteiger partial charge in [0, 0.05) is 49.2 Å². The highest BCUT2D eigenvalue weighted by Gasteiger charge is 2.59. The second kappa shape index (κ2) is 6.77. The molecule has 5 nitrogen and oxygen atoms in total. The fraction of sp³-hybridized carbons (Fsp3) is 0.765. The summed E-state index contributed by atoms with van der Waals surface area (Å²) in [6.07, 6.45) is 6.73. The van der Waals surface area contributed by atoms with Crippen LogP contribution in [-0.4, -0.2) is 48.3 Å². The van der Waals surface area contributed by atoms with Crippen molar-refractivity contribution in [2.75, 3.05) is 20.2 Å². The number of aromatic nitrogens is 1. The van der Waals surface area contributed by atoms with E-state index in [9.17, 15) is 4.79 Å². The van der Waals surface area contributed by atoms with Gasteiger partial charge in [0.05, 0.1) is 11.1 Å². The van der Waals surface area contributed by atoms with Gasteiger partial charge in [-0.15, -0.1) is 11.3 Å². The maximum absolute atomic E-state index is 12.5. The SMILES string of the molecule is CCO[C@@H]1C[C@H](NC(=O)N(C)C[C@H](C)c2nccs2)C12CCC2. The molecular formula is C17H27N3O2S. The van der Waals surface area contributed by atoms with Gasteiger partial charge in [-0.05, 0) is 26.2 Å². The molecule has 6 heteroatoms. The Morgan fingerprint density at radius 3 is 2.96 bits per heavy atom. The van der Waals surface area contributed by atoms with E-state index in [1.165, 1.54) is 19.3 Å². The molecule has 1 N–H and O–H groups in total. The van der Waals surface area contributed by atoms with Crippen molar-refractivity contribution in [2.45, 2.75) is 57.6 Å². The molecule has 2 aliphatic carbocycles. The van der Waals surface area contributed by atoms with Gasteiger partial charge in [0.15, 0.2) is 0 Å². The number of hydrogen-bond acceptors (Lipinski definition) is 4. The minimum absolute atomic E-state index is 0.0274. The summed E-state index contributed by atoms with van der Waals surface area (Å²) in [6, 6.07) is 0.303. The Bertz CT molecular complexity index is 530. The molecule has 2 amide bonds. The van der Waals surface area contributed by atoms with E-state index in [-0.39, 0.29) is 23.4 Å². The van der Waals surface area contributed by atoms with E-state index in [4.69, 9.17) is 4.74 Å². The molecule has 3 rings (SSSR count). The number of hydrogen-bond donors (Lipinski definition) is 1. The maximum atomic E-state index is 12.5. The number of nitrogens with one attached hydrogen (secondary N) is 1. The van der Waals surface area contributed by atoms with Crippen LogP contribution in [0.2, 0.25) is 0 Å². The van der Waals surface area contributed by atoms with Gasteiger partial charge in [-0.2, -0.15) is 0 Å². The highest BCUT2D eigenvalue weighted by atomic mass is 32.1. The third-order valence-electron chi connectivity index (χ3n) is 5.50. The zero-order chi connectivity index (χ0) is 16.4. The minimum atomic E-state index is 0.0274.